The molecule has 0 radical (unpaired) electrons. The molecule has 1 amide bonds. The van der Waals surface area contributed by atoms with Gasteiger partial charge in [-0.05, 0) is 19.8 Å². The highest BCUT2D eigenvalue weighted by Gasteiger charge is 2.57. The number of amides is 1. The van der Waals surface area contributed by atoms with Crippen LogP contribution in [0.2, 0.25) is 0 Å². The molecule has 0 aliphatic rings. The summed E-state index contributed by atoms with van der Waals surface area (Å²) in [6.45, 7) is 8.17. The van der Waals surface area contributed by atoms with E-state index in [1.165, 1.54) is 19.4 Å². The molecule has 10 heteroatoms. The smallest absolute Gasteiger partial charge is 0.374 e. The second-order valence-corrected chi connectivity index (χ2v) is 7.72. The van der Waals surface area contributed by atoms with Crippen molar-refractivity contribution in [3.63, 3.8) is 0 Å². The first-order chi connectivity index (χ1) is 13.4. The van der Waals surface area contributed by atoms with Gasteiger partial charge in [0.15, 0.2) is 0 Å². The molecule has 0 saturated heterocycles. The summed E-state index contributed by atoms with van der Waals surface area (Å²) in [5.74, 6) is -0.550. The van der Waals surface area contributed by atoms with Crippen molar-refractivity contribution in [1.29, 1.82) is 0 Å². The van der Waals surface area contributed by atoms with Gasteiger partial charge in [-0.25, -0.2) is 4.98 Å². The molecule has 0 aromatic carbocycles. The average Bonchev–Trinajstić information content (AvgIpc) is 3.12. The fourth-order valence-electron chi connectivity index (χ4n) is 3.26. The van der Waals surface area contributed by atoms with Crippen molar-refractivity contribution in [2.45, 2.75) is 58.9 Å². The molecular formula is C19H28F3N5O2. The lowest BCUT2D eigenvalue weighted by Gasteiger charge is -2.30. The molecule has 0 aliphatic heterocycles. The molecule has 2 aromatic heterocycles. The van der Waals surface area contributed by atoms with Crippen LogP contribution in [-0.2, 0) is 30.4 Å². The zero-order chi connectivity index (χ0) is 22.0. The van der Waals surface area contributed by atoms with E-state index in [1.54, 1.807) is 6.92 Å². The number of imidazole rings is 1. The van der Waals surface area contributed by atoms with E-state index in [0.717, 1.165) is 28.1 Å². The van der Waals surface area contributed by atoms with Gasteiger partial charge in [-0.15, -0.1) is 0 Å². The van der Waals surface area contributed by atoms with E-state index in [4.69, 9.17) is 0 Å². The Kier molecular flexibility index (Phi) is 6.77. The summed E-state index contributed by atoms with van der Waals surface area (Å²) < 4.78 is 43.5. The van der Waals surface area contributed by atoms with Crippen molar-refractivity contribution in [2.75, 3.05) is 6.54 Å². The highest BCUT2D eigenvalue weighted by atomic mass is 19.4. The Bertz CT molecular complexity index is 857. The van der Waals surface area contributed by atoms with Crippen LogP contribution in [0.4, 0.5) is 13.2 Å². The number of nitrogens with zero attached hydrogens (tertiary/aromatic N) is 4. The fourth-order valence-corrected chi connectivity index (χ4v) is 3.26. The number of carbonyl (C=O) groups is 1. The molecule has 162 valence electrons. The fraction of sp³-hybridized carbons (Fsp3) is 0.632. The van der Waals surface area contributed by atoms with E-state index >= 15 is 0 Å². The maximum atomic E-state index is 13.5. The Labute approximate surface area is 167 Å². The maximum Gasteiger partial charge on any atom is 0.424 e. The van der Waals surface area contributed by atoms with E-state index in [0.29, 0.717) is 5.92 Å². The van der Waals surface area contributed by atoms with Gasteiger partial charge in [0.25, 0.3) is 0 Å². The molecule has 0 saturated carbocycles. The van der Waals surface area contributed by atoms with E-state index < -0.39 is 29.9 Å². The van der Waals surface area contributed by atoms with Crippen molar-refractivity contribution in [2.24, 2.45) is 13.0 Å². The van der Waals surface area contributed by atoms with Crippen LogP contribution in [-0.4, -0.2) is 43.1 Å². The van der Waals surface area contributed by atoms with Crippen LogP contribution < -0.4 is 5.32 Å². The van der Waals surface area contributed by atoms with Crippen molar-refractivity contribution in [3.05, 3.63) is 35.2 Å². The molecule has 0 aliphatic carbocycles. The molecule has 0 spiro atoms. The molecule has 7 nitrogen and oxygen atoms in total. The first-order valence-electron chi connectivity index (χ1n) is 9.43. The lowest BCUT2D eigenvalue weighted by atomic mass is 9.97. The Balaban J connectivity index is 2.04. The Morgan fingerprint density at radius 2 is 1.97 bits per heavy atom. The SMILES string of the molecule is Cc1nn(CC(C)C)c(C)c1CC(=O)NCCC(O)(c1nccn1C)C(F)(F)F. The number of halogens is 3. The summed E-state index contributed by atoms with van der Waals surface area (Å²) in [7, 11) is 1.37. The van der Waals surface area contributed by atoms with Crippen LogP contribution in [0.1, 0.15) is 43.0 Å². The molecule has 1 unspecified atom stereocenters. The van der Waals surface area contributed by atoms with Gasteiger partial charge in [0.2, 0.25) is 11.5 Å². The summed E-state index contributed by atoms with van der Waals surface area (Å²) in [5, 5.41) is 17.2. The van der Waals surface area contributed by atoms with Gasteiger partial charge in [-0.2, -0.15) is 18.3 Å². The third-order valence-corrected chi connectivity index (χ3v) is 4.88. The Hall–Kier alpha value is -2.36. The normalized spacial score (nSPS) is 14.3. The summed E-state index contributed by atoms with van der Waals surface area (Å²) in [5.41, 5.74) is -0.797. The molecule has 2 N–H and O–H groups in total. The zero-order valence-electron chi connectivity index (χ0n) is 17.3. The van der Waals surface area contributed by atoms with Gasteiger partial charge >= 0.3 is 6.18 Å². The quantitative estimate of drug-likeness (QED) is 0.693. The van der Waals surface area contributed by atoms with E-state index in [9.17, 15) is 23.1 Å². The van der Waals surface area contributed by atoms with Crippen LogP contribution in [0.25, 0.3) is 0 Å². The second-order valence-electron chi connectivity index (χ2n) is 7.72. The predicted octanol–water partition coefficient (Wildman–Crippen LogP) is 2.39. The highest BCUT2D eigenvalue weighted by molar-refractivity contribution is 5.79. The number of aryl methyl sites for hydroxylation is 2. The van der Waals surface area contributed by atoms with Crippen LogP contribution in [0.5, 0.6) is 0 Å². The molecule has 0 bridgehead atoms. The van der Waals surface area contributed by atoms with Gasteiger partial charge in [-0.1, -0.05) is 13.8 Å². The number of alkyl halides is 3. The molecular weight excluding hydrogens is 387 g/mol. The number of aromatic nitrogens is 4. The van der Waals surface area contributed by atoms with Gasteiger partial charge in [0, 0.05) is 50.2 Å². The van der Waals surface area contributed by atoms with Crippen LogP contribution in [0.15, 0.2) is 12.4 Å². The first-order valence-corrected chi connectivity index (χ1v) is 9.43. The van der Waals surface area contributed by atoms with Gasteiger partial charge in [-0.3, -0.25) is 9.48 Å². The summed E-state index contributed by atoms with van der Waals surface area (Å²) in [6, 6.07) is 0. The number of rotatable bonds is 8. The molecule has 2 rings (SSSR count). The summed E-state index contributed by atoms with van der Waals surface area (Å²) in [4.78, 5) is 15.9. The Morgan fingerprint density at radius 3 is 2.48 bits per heavy atom. The number of nitrogens with one attached hydrogen (secondary N) is 1. The summed E-state index contributed by atoms with van der Waals surface area (Å²) >= 11 is 0. The predicted molar refractivity (Wildman–Crippen MR) is 101 cm³/mol. The second kappa shape index (κ2) is 8.56. The van der Waals surface area contributed by atoms with E-state index in [1.807, 2.05) is 11.6 Å². The minimum absolute atomic E-state index is 0.0165. The third-order valence-electron chi connectivity index (χ3n) is 4.88. The van der Waals surface area contributed by atoms with Crippen LogP contribution >= 0.6 is 0 Å². The summed E-state index contributed by atoms with van der Waals surface area (Å²) in [6.07, 6.45) is -3.14. The van der Waals surface area contributed by atoms with Crippen molar-refractivity contribution < 1.29 is 23.1 Å². The lowest BCUT2D eigenvalue weighted by Crippen LogP contribution is -2.46. The zero-order valence-corrected chi connectivity index (χ0v) is 17.3. The van der Waals surface area contributed by atoms with E-state index in [-0.39, 0.29) is 13.0 Å². The molecule has 2 heterocycles. The molecule has 29 heavy (non-hydrogen) atoms. The minimum Gasteiger partial charge on any atom is -0.374 e. The molecule has 0 fully saturated rings. The third kappa shape index (κ3) is 4.98. The topological polar surface area (TPSA) is 85.0 Å². The first kappa shape index (κ1) is 22.9. The van der Waals surface area contributed by atoms with E-state index in [2.05, 4.69) is 29.2 Å². The van der Waals surface area contributed by atoms with Crippen molar-refractivity contribution in [1.82, 2.24) is 24.6 Å². The molecule has 2 aromatic rings. The van der Waals surface area contributed by atoms with Crippen LogP contribution in [0, 0.1) is 19.8 Å². The van der Waals surface area contributed by atoms with Gasteiger partial charge in [0.05, 0.1) is 12.1 Å². The number of hydrogen-bond donors (Lipinski definition) is 2. The minimum atomic E-state index is -4.93. The van der Waals surface area contributed by atoms with Crippen LogP contribution in [0.3, 0.4) is 0 Å². The molecule has 1 atom stereocenters. The standard InChI is InChI=1S/C19H28F3N5O2/c1-12(2)11-27-14(4)15(13(3)25-27)10-16(28)23-7-6-18(29,19(20,21)22)17-24-8-9-26(17)5/h8-9,12,29H,6-7,10-11H2,1-5H3,(H,23,28). The van der Waals surface area contributed by atoms with Gasteiger partial charge in [0.1, 0.15) is 5.82 Å². The van der Waals surface area contributed by atoms with Gasteiger partial charge < -0.3 is 15.0 Å². The lowest BCUT2D eigenvalue weighted by molar-refractivity contribution is -0.272. The average molecular weight is 415 g/mol. The number of aliphatic hydroxyl groups is 1. The van der Waals surface area contributed by atoms with Crippen molar-refractivity contribution in [3.8, 4) is 0 Å². The largest absolute Gasteiger partial charge is 0.424 e. The van der Waals surface area contributed by atoms with Crippen molar-refractivity contribution >= 4 is 5.91 Å². The monoisotopic (exact) mass is 415 g/mol. The Morgan fingerprint density at radius 1 is 1.31 bits per heavy atom. The number of carbonyl (C=O) groups excluding carboxylic acids is 1. The number of hydrogen-bond acceptors (Lipinski definition) is 4. The maximum absolute atomic E-state index is 13.5. The highest BCUT2D eigenvalue weighted by Crippen LogP contribution is 2.40.